The number of para-hydroxylation sites is 1. The molecule has 3 rings (SSSR count). The molecular weight excluding hydrogens is 477 g/mol. The molecule has 2 heterocycles. The minimum atomic E-state index is -0.0240. The number of guanidine groups is 1. The Morgan fingerprint density at radius 1 is 1.22 bits per heavy atom. The Labute approximate surface area is 178 Å². The first kappa shape index (κ1) is 21.2. The first-order valence-electron chi connectivity index (χ1n) is 8.16. The van der Waals surface area contributed by atoms with Crippen molar-refractivity contribution in [3.05, 3.63) is 42.2 Å². The van der Waals surface area contributed by atoms with Gasteiger partial charge in [-0.25, -0.2) is 4.98 Å². The SMILES string of the molecule is CN=C(NCC(=O)N(C)C)NCc1ccc(-c2nc3ccccc3s2)o1.I. The van der Waals surface area contributed by atoms with Gasteiger partial charge in [0.15, 0.2) is 16.7 Å². The monoisotopic (exact) mass is 499 g/mol. The molecule has 0 aliphatic heterocycles. The largest absolute Gasteiger partial charge is 0.457 e. The van der Waals surface area contributed by atoms with E-state index in [0.717, 1.165) is 26.7 Å². The Kier molecular flexibility index (Phi) is 7.60. The van der Waals surface area contributed by atoms with Gasteiger partial charge in [-0.05, 0) is 24.3 Å². The predicted molar refractivity (Wildman–Crippen MR) is 120 cm³/mol. The van der Waals surface area contributed by atoms with Crippen LogP contribution in [-0.2, 0) is 11.3 Å². The molecule has 1 amide bonds. The van der Waals surface area contributed by atoms with Gasteiger partial charge >= 0.3 is 0 Å². The minimum Gasteiger partial charge on any atom is -0.457 e. The van der Waals surface area contributed by atoms with Gasteiger partial charge in [0.1, 0.15) is 5.76 Å². The van der Waals surface area contributed by atoms with Gasteiger partial charge in [0.05, 0.1) is 23.3 Å². The number of hydrogen-bond acceptors (Lipinski definition) is 5. The first-order valence-corrected chi connectivity index (χ1v) is 8.98. The number of aliphatic imine (C=N–C) groups is 1. The Balaban J connectivity index is 0.00000261. The van der Waals surface area contributed by atoms with Crippen molar-refractivity contribution >= 4 is 57.4 Å². The van der Waals surface area contributed by atoms with Crippen LogP contribution in [0.4, 0.5) is 0 Å². The number of nitrogens with one attached hydrogen (secondary N) is 2. The molecule has 1 aromatic carbocycles. The van der Waals surface area contributed by atoms with Crippen molar-refractivity contribution < 1.29 is 9.21 Å². The summed E-state index contributed by atoms with van der Waals surface area (Å²) in [6.07, 6.45) is 0. The van der Waals surface area contributed by atoms with E-state index in [1.807, 2.05) is 36.4 Å². The van der Waals surface area contributed by atoms with Crippen molar-refractivity contribution in [3.8, 4) is 10.8 Å². The maximum Gasteiger partial charge on any atom is 0.241 e. The zero-order valence-corrected chi connectivity index (χ0v) is 18.5. The number of thiazole rings is 1. The molecule has 0 fully saturated rings. The Morgan fingerprint density at radius 2 is 2.00 bits per heavy atom. The lowest BCUT2D eigenvalue weighted by Gasteiger charge is -2.13. The number of hydrogen-bond donors (Lipinski definition) is 2. The number of furan rings is 1. The second-order valence-electron chi connectivity index (χ2n) is 5.82. The van der Waals surface area contributed by atoms with Gasteiger partial charge in [-0.2, -0.15) is 0 Å². The Hall–Kier alpha value is -2.14. The van der Waals surface area contributed by atoms with E-state index in [1.54, 1.807) is 32.5 Å². The summed E-state index contributed by atoms with van der Waals surface area (Å²) in [7, 11) is 5.09. The smallest absolute Gasteiger partial charge is 0.241 e. The van der Waals surface area contributed by atoms with Gasteiger partial charge in [-0.1, -0.05) is 12.1 Å². The highest BCUT2D eigenvalue weighted by atomic mass is 127. The number of likely N-dealkylation sites (N-methyl/N-ethyl adjacent to an activating group) is 1. The lowest BCUT2D eigenvalue weighted by atomic mass is 10.3. The van der Waals surface area contributed by atoms with Crippen LogP contribution >= 0.6 is 35.3 Å². The van der Waals surface area contributed by atoms with E-state index in [0.29, 0.717) is 12.5 Å². The molecule has 9 heteroatoms. The molecule has 0 saturated heterocycles. The molecule has 2 aromatic heterocycles. The zero-order chi connectivity index (χ0) is 18.5. The zero-order valence-electron chi connectivity index (χ0n) is 15.4. The predicted octanol–water partition coefficient (Wildman–Crippen LogP) is 2.93. The van der Waals surface area contributed by atoms with Crippen molar-refractivity contribution in [2.45, 2.75) is 6.54 Å². The summed E-state index contributed by atoms with van der Waals surface area (Å²) in [6.45, 7) is 0.641. The number of nitrogens with zero attached hydrogens (tertiary/aromatic N) is 3. The third-order valence-electron chi connectivity index (χ3n) is 3.73. The van der Waals surface area contributed by atoms with Crippen LogP contribution in [0.2, 0.25) is 0 Å². The van der Waals surface area contributed by atoms with Gasteiger partial charge in [-0.3, -0.25) is 9.79 Å². The summed E-state index contributed by atoms with van der Waals surface area (Å²) < 4.78 is 7.02. The van der Waals surface area contributed by atoms with E-state index in [-0.39, 0.29) is 36.4 Å². The molecule has 27 heavy (non-hydrogen) atoms. The van der Waals surface area contributed by atoms with E-state index >= 15 is 0 Å². The van der Waals surface area contributed by atoms with E-state index in [9.17, 15) is 4.79 Å². The summed E-state index contributed by atoms with van der Waals surface area (Å²) in [6, 6.07) is 11.8. The van der Waals surface area contributed by atoms with Crippen molar-refractivity contribution in [2.24, 2.45) is 4.99 Å². The number of aromatic nitrogens is 1. The Morgan fingerprint density at radius 3 is 2.70 bits per heavy atom. The fraction of sp³-hybridized carbons (Fsp3) is 0.278. The van der Waals surface area contributed by atoms with E-state index in [4.69, 9.17) is 4.42 Å². The lowest BCUT2D eigenvalue weighted by molar-refractivity contribution is -0.127. The quantitative estimate of drug-likeness (QED) is 0.321. The summed E-state index contributed by atoms with van der Waals surface area (Å²) in [4.78, 5) is 21.9. The summed E-state index contributed by atoms with van der Waals surface area (Å²) in [5, 5.41) is 6.96. The van der Waals surface area contributed by atoms with Crippen LogP contribution < -0.4 is 10.6 Å². The van der Waals surface area contributed by atoms with E-state index in [2.05, 4.69) is 20.6 Å². The molecule has 0 bridgehead atoms. The van der Waals surface area contributed by atoms with Gasteiger partial charge in [0.2, 0.25) is 5.91 Å². The van der Waals surface area contributed by atoms with Gasteiger partial charge in [0, 0.05) is 21.1 Å². The Bertz CT molecular complexity index is 902. The van der Waals surface area contributed by atoms with Crippen LogP contribution in [0.1, 0.15) is 5.76 Å². The average molecular weight is 499 g/mol. The fourth-order valence-electron chi connectivity index (χ4n) is 2.27. The topological polar surface area (TPSA) is 82.8 Å². The number of carbonyl (C=O) groups excluding carboxylic acids is 1. The highest BCUT2D eigenvalue weighted by Gasteiger charge is 2.11. The molecule has 144 valence electrons. The van der Waals surface area contributed by atoms with Crippen molar-refractivity contribution in [1.82, 2.24) is 20.5 Å². The molecule has 0 spiro atoms. The molecule has 0 aliphatic rings. The van der Waals surface area contributed by atoms with Crippen LogP contribution in [0.25, 0.3) is 21.0 Å². The van der Waals surface area contributed by atoms with E-state index < -0.39 is 0 Å². The van der Waals surface area contributed by atoms with Gasteiger partial charge < -0.3 is 20.0 Å². The average Bonchev–Trinajstić information content (AvgIpc) is 3.27. The maximum atomic E-state index is 11.6. The van der Waals surface area contributed by atoms with Crippen molar-refractivity contribution in [1.29, 1.82) is 0 Å². The van der Waals surface area contributed by atoms with Crippen LogP contribution in [0, 0.1) is 0 Å². The molecule has 7 nitrogen and oxygen atoms in total. The molecule has 0 aliphatic carbocycles. The van der Waals surface area contributed by atoms with Gasteiger partial charge in [-0.15, -0.1) is 35.3 Å². The second kappa shape index (κ2) is 9.70. The van der Waals surface area contributed by atoms with Crippen LogP contribution in [0.15, 0.2) is 45.8 Å². The lowest BCUT2D eigenvalue weighted by Crippen LogP contribution is -2.42. The summed E-state index contributed by atoms with van der Waals surface area (Å²) >= 11 is 1.60. The molecule has 3 aromatic rings. The van der Waals surface area contributed by atoms with Crippen LogP contribution in [0.3, 0.4) is 0 Å². The first-order chi connectivity index (χ1) is 12.6. The summed E-state index contributed by atoms with van der Waals surface area (Å²) in [5.41, 5.74) is 0.971. The number of carbonyl (C=O) groups is 1. The fourth-order valence-corrected chi connectivity index (χ4v) is 3.20. The van der Waals surface area contributed by atoms with Crippen LogP contribution in [0.5, 0.6) is 0 Å². The van der Waals surface area contributed by atoms with Crippen molar-refractivity contribution in [3.63, 3.8) is 0 Å². The number of halogens is 1. The maximum absolute atomic E-state index is 11.6. The molecule has 0 unspecified atom stereocenters. The number of fused-ring (bicyclic) bond motifs is 1. The molecule has 0 atom stereocenters. The van der Waals surface area contributed by atoms with Crippen molar-refractivity contribution in [2.75, 3.05) is 27.7 Å². The molecular formula is C18H22IN5O2S. The highest BCUT2D eigenvalue weighted by molar-refractivity contribution is 14.0. The molecule has 0 radical (unpaired) electrons. The number of rotatable bonds is 5. The summed E-state index contributed by atoms with van der Waals surface area (Å²) in [5.74, 6) is 2.03. The molecule has 0 saturated carbocycles. The third-order valence-corrected chi connectivity index (χ3v) is 4.78. The number of amides is 1. The minimum absolute atomic E-state index is 0. The van der Waals surface area contributed by atoms with E-state index in [1.165, 1.54) is 4.90 Å². The third kappa shape index (κ3) is 5.42. The normalized spacial score (nSPS) is 11.1. The molecule has 2 N–H and O–H groups in total. The van der Waals surface area contributed by atoms with Crippen LogP contribution in [-0.4, -0.2) is 49.4 Å². The number of benzene rings is 1. The highest BCUT2D eigenvalue weighted by Crippen LogP contribution is 2.30. The second-order valence-corrected chi connectivity index (χ2v) is 6.85. The van der Waals surface area contributed by atoms with Gasteiger partial charge in [0.25, 0.3) is 0 Å². The standard InChI is InChI=1S/C18H21N5O2S.HI/c1-19-18(21-11-16(24)23(2)3)20-10-12-8-9-14(25-12)17-22-13-6-4-5-7-15(13)26-17;/h4-9H,10-11H2,1-3H3,(H2,19,20,21);1H.